The lowest BCUT2D eigenvalue weighted by Crippen LogP contribution is -2.30. The number of benzene rings is 1. The van der Waals surface area contributed by atoms with Crippen LogP contribution < -0.4 is 21.1 Å². The SMILES string of the molecule is CC1NNC(C)C1c1cccc(C(=O)NCc2csc(N(C)C)n2)c1. The average Bonchev–Trinajstić information content (AvgIpc) is 3.20. The number of aromatic nitrogens is 1. The predicted molar refractivity (Wildman–Crippen MR) is 102 cm³/mol. The van der Waals surface area contributed by atoms with E-state index < -0.39 is 0 Å². The third-order valence-corrected chi connectivity index (χ3v) is 5.56. The molecule has 1 aliphatic heterocycles. The smallest absolute Gasteiger partial charge is 0.251 e. The fourth-order valence-electron chi connectivity index (χ4n) is 3.20. The molecule has 1 aliphatic rings. The fraction of sp³-hybridized carbons (Fsp3) is 0.444. The zero-order valence-electron chi connectivity index (χ0n) is 15.0. The maximum atomic E-state index is 12.5. The molecular formula is C18H25N5OS. The van der Waals surface area contributed by atoms with Crippen LogP contribution in [0.4, 0.5) is 5.13 Å². The standard InChI is InChI=1S/C18H25N5OS/c1-11-16(12(2)22-21-11)13-6-5-7-14(8-13)17(24)19-9-15-10-25-18(20-15)23(3)4/h5-8,10-12,16,21-22H,9H2,1-4H3,(H,19,24). The second-order valence-electron chi connectivity index (χ2n) is 6.72. The Balaban J connectivity index is 1.67. The van der Waals surface area contributed by atoms with Gasteiger partial charge in [0.1, 0.15) is 0 Å². The minimum atomic E-state index is -0.0690. The Kier molecular flexibility index (Phi) is 5.36. The summed E-state index contributed by atoms with van der Waals surface area (Å²) < 4.78 is 0. The van der Waals surface area contributed by atoms with Gasteiger partial charge in [-0.2, -0.15) is 0 Å². The van der Waals surface area contributed by atoms with E-state index in [1.165, 1.54) is 5.56 Å². The molecule has 0 bridgehead atoms. The zero-order valence-corrected chi connectivity index (χ0v) is 15.9. The number of carbonyl (C=O) groups excluding carboxylic acids is 1. The summed E-state index contributed by atoms with van der Waals surface area (Å²) in [4.78, 5) is 19.0. The van der Waals surface area contributed by atoms with Crippen LogP contribution in [0.3, 0.4) is 0 Å². The molecule has 1 aromatic heterocycles. The van der Waals surface area contributed by atoms with Crippen LogP contribution in [0.2, 0.25) is 0 Å². The van der Waals surface area contributed by atoms with Gasteiger partial charge in [0.2, 0.25) is 0 Å². The Morgan fingerprint density at radius 2 is 2.00 bits per heavy atom. The van der Waals surface area contributed by atoms with E-state index in [0.29, 0.717) is 30.1 Å². The van der Waals surface area contributed by atoms with E-state index in [2.05, 4.69) is 41.1 Å². The van der Waals surface area contributed by atoms with E-state index in [1.807, 2.05) is 42.6 Å². The van der Waals surface area contributed by atoms with Gasteiger partial charge in [0.15, 0.2) is 5.13 Å². The molecule has 25 heavy (non-hydrogen) atoms. The van der Waals surface area contributed by atoms with Gasteiger partial charge in [0, 0.05) is 43.0 Å². The number of hydrogen-bond acceptors (Lipinski definition) is 6. The number of carbonyl (C=O) groups is 1. The van der Waals surface area contributed by atoms with Crippen molar-refractivity contribution < 1.29 is 4.79 Å². The predicted octanol–water partition coefficient (Wildman–Crippen LogP) is 2.11. The lowest BCUT2D eigenvalue weighted by molar-refractivity contribution is 0.0950. The van der Waals surface area contributed by atoms with Gasteiger partial charge in [-0.05, 0) is 31.5 Å². The van der Waals surface area contributed by atoms with E-state index in [4.69, 9.17) is 0 Å². The lowest BCUT2D eigenvalue weighted by atomic mass is 9.88. The van der Waals surface area contributed by atoms with Crippen LogP contribution in [0.15, 0.2) is 29.6 Å². The number of thiazole rings is 1. The van der Waals surface area contributed by atoms with E-state index in [1.54, 1.807) is 11.3 Å². The molecule has 0 spiro atoms. The Hall–Kier alpha value is -1.96. The Labute approximate surface area is 152 Å². The summed E-state index contributed by atoms with van der Waals surface area (Å²) in [6.45, 7) is 4.74. The Morgan fingerprint density at radius 3 is 2.64 bits per heavy atom. The molecule has 2 unspecified atom stereocenters. The molecule has 2 atom stereocenters. The van der Waals surface area contributed by atoms with Gasteiger partial charge in [-0.1, -0.05) is 12.1 Å². The molecule has 2 heterocycles. The molecule has 3 N–H and O–H groups in total. The van der Waals surface area contributed by atoms with Crippen molar-refractivity contribution >= 4 is 22.4 Å². The van der Waals surface area contributed by atoms with Gasteiger partial charge in [0.05, 0.1) is 12.2 Å². The highest BCUT2D eigenvalue weighted by Gasteiger charge is 2.31. The average molecular weight is 359 g/mol. The highest BCUT2D eigenvalue weighted by atomic mass is 32.1. The van der Waals surface area contributed by atoms with Gasteiger partial charge in [-0.3, -0.25) is 15.6 Å². The summed E-state index contributed by atoms with van der Waals surface area (Å²) in [7, 11) is 3.92. The van der Waals surface area contributed by atoms with Crippen molar-refractivity contribution in [1.82, 2.24) is 21.2 Å². The number of anilines is 1. The molecule has 0 aliphatic carbocycles. The fourth-order valence-corrected chi connectivity index (χ4v) is 3.95. The van der Waals surface area contributed by atoms with Crippen LogP contribution in [-0.2, 0) is 6.54 Å². The summed E-state index contributed by atoms with van der Waals surface area (Å²) in [5, 5.41) is 5.88. The molecule has 1 amide bonds. The summed E-state index contributed by atoms with van der Waals surface area (Å²) in [6, 6.07) is 8.55. The van der Waals surface area contributed by atoms with E-state index >= 15 is 0 Å². The van der Waals surface area contributed by atoms with Crippen LogP contribution in [-0.4, -0.2) is 37.1 Å². The maximum absolute atomic E-state index is 12.5. The number of nitrogens with one attached hydrogen (secondary N) is 3. The molecule has 1 aromatic carbocycles. The van der Waals surface area contributed by atoms with Gasteiger partial charge in [-0.25, -0.2) is 4.98 Å². The Bertz CT molecular complexity index is 735. The van der Waals surface area contributed by atoms with Crippen molar-refractivity contribution in [2.75, 3.05) is 19.0 Å². The van der Waals surface area contributed by atoms with Gasteiger partial charge < -0.3 is 10.2 Å². The number of rotatable bonds is 5. The quantitative estimate of drug-likeness (QED) is 0.763. The molecule has 6 nitrogen and oxygen atoms in total. The Morgan fingerprint density at radius 1 is 1.28 bits per heavy atom. The van der Waals surface area contributed by atoms with Gasteiger partial charge >= 0.3 is 0 Å². The molecule has 3 rings (SSSR count). The molecule has 134 valence electrons. The van der Waals surface area contributed by atoms with E-state index in [-0.39, 0.29) is 5.91 Å². The van der Waals surface area contributed by atoms with Crippen LogP contribution in [0, 0.1) is 0 Å². The van der Waals surface area contributed by atoms with Crippen molar-refractivity contribution in [1.29, 1.82) is 0 Å². The number of hydrogen-bond donors (Lipinski definition) is 3. The minimum Gasteiger partial charge on any atom is -0.354 e. The maximum Gasteiger partial charge on any atom is 0.251 e. The van der Waals surface area contributed by atoms with E-state index in [0.717, 1.165) is 10.8 Å². The topological polar surface area (TPSA) is 69.3 Å². The van der Waals surface area contributed by atoms with Crippen LogP contribution in [0.1, 0.15) is 41.4 Å². The molecule has 0 radical (unpaired) electrons. The molecular weight excluding hydrogens is 334 g/mol. The van der Waals surface area contributed by atoms with Gasteiger partial charge in [0.25, 0.3) is 5.91 Å². The molecule has 2 aromatic rings. The van der Waals surface area contributed by atoms with Crippen LogP contribution >= 0.6 is 11.3 Å². The summed E-state index contributed by atoms with van der Waals surface area (Å²) in [6.07, 6.45) is 0. The first-order valence-electron chi connectivity index (χ1n) is 8.46. The van der Waals surface area contributed by atoms with Crippen LogP contribution in [0.25, 0.3) is 0 Å². The summed E-state index contributed by atoms with van der Waals surface area (Å²) in [5.74, 6) is 0.273. The molecule has 7 heteroatoms. The van der Waals surface area contributed by atoms with Gasteiger partial charge in [-0.15, -0.1) is 11.3 Å². The second kappa shape index (κ2) is 7.51. The normalized spacial score (nSPS) is 22.8. The van der Waals surface area contributed by atoms with Crippen molar-refractivity contribution in [3.05, 3.63) is 46.5 Å². The third-order valence-electron chi connectivity index (χ3n) is 4.50. The molecule has 1 fully saturated rings. The third kappa shape index (κ3) is 4.00. The first-order valence-corrected chi connectivity index (χ1v) is 9.34. The zero-order chi connectivity index (χ0) is 18.0. The second-order valence-corrected chi connectivity index (χ2v) is 7.55. The highest BCUT2D eigenvalue weighted by Crippen LogP contribution is 2.27. The highest BCUT2D eigenvalue weighted by molar-refractivity contribution is 7.13. The van der Waals surface area contributed by atoms with Crippen LogP contribution in [0.5, 0.6) is 0 Å². The minimum absolute atomic E-state index is 0.0690. The lowest BCUT2D eigenvalue weighted by Gasteiger charge is -2.19. The largest absolute Gasteiger partial charge is 0.354 e. The van der Waals surface area contributed by atoms with Crippen molar-refractivity contribution in [2.24, 2.45) is 0 Å². The monoisotopic (exact) mass is 359 g/mol. The number of nitrogens with zero attached hydrogens (tertiary/aromatic N) is 2. The first kappa shape index (κ1) is 17.8. The van der Waals surface area contributed by atoms with Crippen molar-refractivity contribution in [3.63, 3.8) is 0 Å². The molecule has 0 saturated carbocycles. The number of amides is 1. The van der Waals surface area contributed by atoms with E-state index in [9.17, 15) is 4.79 Å². The van der Waals surface area contributed by atoms with Crippen molar-refractivity contribution in [3.8, 4) is 0 Å². The summed E-state index contributed by atoms with van der Waals surface area (Å²) >= 11 is 1.57. The molecule has 1 saturated heterocycles. The first-order chi connectivity index (χ1) is 12.0. The number of hydrazine groups is 1. The summed E-state index contributed by atoms with van der Waals surface area (Å²) in [5.41, 5.74) is 9.27. The van der Waals surface area contributed by atoms with Crippen molar-refractivity contribution in [2.45, 2.75) is 38.4 Å².